The molecule has 110 valence electrons. The fourth-order valence-corrected chi connectivity index (χ4v) is 4.55. The second-order valence-electron chi connectivity index (χ2n) is 5.41. The second kappa shape index (κ2) is 6.08. The van der Waals surface area contributed by atoms with Crippen LogP contribution in [0.4, 0.5) is 4.39 Å². The third-order valence-corrected chi connectivity index (χ3v) is 5.85. The second-order valence-corrected chi connectivity index (χ2v) is 7.08. The Morgan fingerprint density at radius 2 is 1.95 bits per heavy atom. The van der Waals surface area contributed by atoms with Gasteiger partial charge in [0.15, 0.2) is 0 Å². The van der Waals surface area contributed by atoms with E-state index in [2.05, 4.69) is 6.07 Å². The molecule has 2 N–H and O–H groups in total. The number of rotatable bonds is 2. The zero-order valence-corrected chi connectivity index (χ0v) is 12.5. The van der Waals surface area contributed by atoms with Crippen LogP contribution in [0.1, 0.15) is 30.0 Å². The molecule has 2 nitrogen and oxygen atoms in total. The van der Waals surface area contributed by atoms with Crippen LogP contribution in [0.3, 0.4) is 0 Å². The smallest absolute Gasteiger partial charge is 0.124 e. The predicted octanol–water partition coefficient (Wildman–Crippen LogP) is 3.34. The molecule has 0 heterocycles. The van der Waals surface area contributed by atoms with E-state index in [-0.39, 0.29) is 17.1 Å². The number of nitrogens with two attached hydrogens (primary N) is 1. The van der Waals surface area contributed by atoms with E-state index in [1.165, 1.54) is 17.7 Å². The highest BCUT2D eigenvalue weighted by molar-refractivity contribution is 7.85. The lowest BCUT2D eigenvalue weighted by molar-refractivity contribution is 0.594. The predicted molar refractivity (Wildman–Crippen MR) is 82.9 cm³/mol. The Hall–Kier alpha value is -1.52. The van der Waals surface area contributed by atoms with Gasteiger partial charge in [-0.1, -0.05) is 30.3 Å². The van der Waals surface area contributed by atoms with Crippen molar-refractivity contribution in [1.82, 2.24) is 0 Å². The third kappa shape index (κ3) is 2.92. The number of hydrogen-bond donors (Lipinski definition) is 1. The molecule has 3 unspecified atom stereocenters. The molecule has 2 aromatic rings. The fourth-order valence-electron chi connectivity index (χ4n) is 2.97. The molecule has 0 bridgehead atoms. The summed E-state index contributed by atoms with van der Waals surface area (Å²) in [5.41, 5.74) is 8.69. The minimum atomic E-state index is -1.29. The summed E-state index contributed by atoms with van der Waals surface area (Å²) < 4.78 is 26.1. The fraction of sp³-hybridized carbons (Fsp3) is 0.294. The van der Waals surface area contributed by atoms with Crippen LogP contribution < -0.4 is 5.73 Å². The van der Waals surface area contributed by atoms with Gasteiger partial charge in [0.05, 0.1) is 16.0 Å². The highest BCUT2D eigenvalue weighted by Crippen LogP contribution is 2.32. The van der Waals surface area contributed by atoms with E-state index in [1.54, 1.807) is 12.1 Å². The van der Waals surface area contributed by atoms with Crippen molar-refractivity contribution in [2.24, 2.45) is 5.73 Å². The maximum atomic E-state index is 13.3. The number of fused-ring (bicyclic) bond motifs is 1. The van der Waals surface area contributed by atoms with Gasteiger partial charge in [0.25, 0.3) is 0 Å². The van der Waals surface area contributed by atoms with Crippen molar-refractivity contribution >= 4 is 10.8 Å². The van der Waals surface area contributed by atoms with Crippen LogP contribution in [-0.4, -0.2) is 9.46 Å². The highest BCUT2D eigenvalue weighted by atomic mass is 32.2. The highest BCUT2D eigenvalue weighted by Gasteiger charge is 2.30. The first kappa shape index (κ1) is 14.4. The molecule has 0 aliphatic heterocycles. The molecule has 1 aliphatic rings. The average molecular weight is 303 g/mol. The van der Waals surface area contributed by atoms with Gasteiger partial charge in [-0.3, -0.25) is 4.21 Å². The monoisotopic (exact) mass is 303 g/mol. The lowest BCUT2D eigenvalue weighted by atomic mass is 10.00. The Bertz CT molecular complexity index is 673. The average Bonchev–Trinajstić information content (AvgIpc) is 2.66. The minimum absolute atomic E-state index is 0.171. The largest absolute Gasteiger partial charge is 0.323 e. The molecule has 3 atom stereocenters. The Labute approximate surface area is 126 Å². The normalized spacial score (nSPS) is 23.1. The first-order chi connectivity index (χ1) is 10.2. The van der Waals surface area contributed by atoms with Crippen LogP contribution in [-0.2, 0) is 17.2 Å². The zero-order valence-electron chi connectivity index (χ0n) is 11.7. The maximum absolute atomic E-state index is 13.3. The molecule has 0 aromatic heterocycles. The standard InChI is InChI=1S/C17H18FNOS/c18-13-7-4-8-14(11-13)21(20)16-10-3-6-12-5-1-2-9-15(12)17(16)19/h1-2,4-5,7-9,11,16-17H,3,6,10,19H2. The number of benzene rings is 2. The van der Waals surface area contributed by atoms with Crippen LogP contribution in [0.25, 0.3) is 0 Å². The zero-order chi connectivity index (χ0) is 14.8. The van der Waals surface area contributed by atoms with E-state index < -0.39 is 10.8 Å². The molecule has 1 aliphatic carbocycles. The van der Waals surface area contributed by atoms with E-state index >= 15 is 0 Å². The van der Waals surface area contributed by atoms with E-state index in [9.17, 15) is 8.60 Å². The summed E-state index contributed by atoms with van der Waals surface area (Å²) in [6.45, 7) is 0. The minimum Gasteiger partial charge on any atom is -0.323 e. The van der Waals surface area contributed by atoms with Gasteiger partial charge >= 0.3 is 0 Å². The van der Waals surface area contributed by atoms with Crippen LogP contribution >= 0.6 is 0 Å². The molecular formula is C17H18FNOS. The molecular weight excluding hydrogens is 285 g/mol. The maximum Gasteiger partial charge on any atom is 0.124 e. The van der Waals surface area contributed by atoms with Gasteiger partial charge in [-0.05, 0) is 48.6 Å². The van der Waals surface area contributed by atoms with Crippen molar-refractivity contribution in [1.29, 1.82) is 0 Å². The summed E-state index contributed by atoms with van der Waals surface area (Å²) in [5.74, 6) is -0.358. The van der Waals surface area contributed by atoms with E-state index in [0.29, 0.717) is 4.90 Å². The molecule has 0 saturated carbocycles. The Morgan fingerprint density at radius 3 is 2.76 bits per heavy atom. The van der Waals surface area contributed by atoms with Crippen LogP contribution in [0, 0.1) is 5.82 Å². The Kier molecular flexibility index (Phi) is 4.17. The molecule has 0 fully saturated rings. The van der Waals surface area contributed by atoms with Crippen LogP contribution in [0.15, 0.2) is 53.4 Å². The van der Waals surface area contributed by atoms with Crippen molar-refractivity contribution in [2.75, 3.05) is 0 Å². The van der Waals surface area contributed by atoms with Crippen molar-refractivity contribution in [3.63, 3.8) is 0 Å². The van der Waals surface area contributed by atoms with Gasteiger partial charge in [0.1, 0.15) is 5.82 Å². The third-order valence-electron chi connectivity index (χ3n) is 4.05. The van der Waals surface area contributed by atoms with Gasteiger partial charge in [0, 0.05) is 10.9 Å². The first-order valence-electron chi connectivity index (χ1n) is 7.16. The quantitative estimate of drug-likeness (QED) is 0.865. The molecule has 2 aromatic carbocycles. The van der Waals surface area contributed by atoms with Gasteiger partial charge in [-0.2, -0.15) is 0 Å². The van der Waals surface area contributed by atoms with Gasteiger partial charge in [0.2, 0.25) is 0 Å². The number of aryl methyl sites for hydroxylation is 1. The summed E-state index contributed by atoms with van der Waals surface area (Å²) in [6, 6.07) is 13.8. The number of halogens is 1. The van der Waals surface area contributed by atoms with Crippen LogP contribution in [0.5, 0.6) is 0 Å². The van der Waals surface area contributed by atoms with E-state index in [4.69, 9.17) is 5.73 Å². The molecule has 4 heteroatoms. The SMILES string of the molecule is NC1c2ccccc2CCCC1S(=O)c1cccc(F)c1. The molecule has 0 saturated heterocycles. The summed E-state index contributed by atoms with van der Waals surface area (Å²) in [6.07, 6.45) is 2.70. The lowest BCUT2D eigenvalue weighted by Crippen LogP contribution is -2.30. The van der Waals surface area contributed by atoms with Gasteiger partial charge in [-0.15, -0.1) is 0 Å². The molecule has 3 rings (SSSR count). The molecule has 0 amide bonds. The van der Waals surface area contributed by atoms with Crippen molar-refractivity contribution < 1.29 is 8.60 Å². The summed E-state index contributed by atoms with van der Waals surface area (Å²) >= 11 is 0. The molecule has 21 heavy (non-hydrogen) atoms. The first-order valence-corrected chi connectivity index (χ1v) is 8.37. The Morgan fingerprint density at radius 1 is 1.14 bits per heavy atom. The van der Waals surface area contributed by atoms with E-state index in [0.717, 1.165) is 24.8 Å². The summed E-state index contributed by atoms with van der Waals surface area (Å²) in [5, 5.41) is -0.171. The van der Waals surface area contributed by atoms with Crippen LogP contribution in [0.2, 0.25) is 0 Å². The summed E-state index contributed by atoms with van der Waals surface area (Å²) in [7, 11) is -1.29. The van der Waals surface area contributed by atoms with Crippen molar-refractivity contribution in [3.05, 3.63) is 65.5 Å². The lowest BCUT2D eigenvalue weighted by Gasteiger charge is -2.22. The Balaban J connectivity index is 1.94. The van der Waals surface area contributed by atoms with Gasteiger partial charge in [-0.25, -0.2) is 4.39 Å². The van der Waals surface area contributed by atoms with Crippen molar-refractivity contribution in [2.45, 2.75) is 35.4 Å². The summed E-state index contributed by atoms with van der Waals surface area (Å²) in [4.78, 5) is 0.523. The number of hydrogen-bond acceptors (Lipinski definition) is 2. The topological polar surface area (TPSA) is 43.1 Å². The molecule has 0 radical (unpaired) electrons. The van der Waals surface area contributed by atoms with E-state index in [1.807, 2.05) is 18.2 Å². The van der Waals surface area contributed by atoms with Crippen molar-refractivity contribution in [3.8, 4) is 0 Å². The van der Waals surface area contributed by atoms with Gasteiger partial charge < -0.3 is 5.73 Å². The molecule has 0 spiro atoms.